The summed E-state index contributed by atoms with van der Waals surface area (Å²) < 4.78 is 8.34. The number of carbonyl (C=O) groups excluding carboxylic acids is 1. The van der Waals surface area contributed by atoms with E-state index >= 15 is 0 Å². The number of hydrogen-bond acceptors (Lipinski definition) is 3. The van der Waals surface area contributed by atoms with Crippen molar-refractivity contribution < 1.29 is 9.53 Å². The molecule has 0 aliphatic heterocycles. The lowest BCUT2D eigenvalue weighted by molar-refractivity contribution is 0.0493. The first-order valence-electron chi connectivity index (χ1n) is 6.93. The molecule has 0 unspecified atom stereocenters. The SMILES string of the molecule is CC(C)(C)OC(=O)NC1(c2cnc3ccc(Br)cn23)CC1. The quantitative estimate of drug-likeness (QED) is 0.898. The molecule has 5 nitrogen and oxygen atoms in total. The Morgan fingerprint density at radius 1 is 1.43 bits per heavy atom. The van der Waals surface area contributed by atoms with Crippen LogP contribution in [0.5, 0.6) is 0 Å². The summed E-state index contributed by atoms with van der Waals surface area (Å²) in [5.41, 5.74) is 1.00. The highest BCUT2D eigenvalue weighted by molar-refractivity contribution is 9.10. The summed E-state index contributed by atoms with van der Waals surface area (Å²) in [5.74, 6) is 0. The molecule has 1 amide bonds. The van der Waals surface area contributed by atoms with Crippen LogP contribution in [0.1, 0.15) is 39.3 Å². The number of nitrogens with one attached hydrogen (secondary N) is 1. The number of nitrogens with zero attached hydrogens (tertiary/aromatic N) is 2. The van der Waals surface area contributed by atoms with Crippen LogP contribution in [0.4, 0.5) is 4.79 Å². The van der Waals surface area contributed by atoms with Gasteiger partial charge in [-0.25, -0.2) is 9.78 Å². The minimum absolute atomic E-state index is 0.359. The summed E-state index contributed by atoms with van der Waals surface area (Å²) in [6.07, 6.45) is 5.20. The molecule has 2 aromatic rings. The van der Waals surface area contributed by atoms with E-state index in [1.165, 1.54) is 0 Å². The summed E-state index contributed by atoms with van der Waals surface area (Å²) in [6.45, 7) is 5.58. The number of hydrogen-bond donors (Lipinski definition) is 1. The van der Waals surface area contributed by atoms with Crippen LogP contribution in [0.3, 0.4) is 0 Å². The molecule has 1 fully saturated rings. The molecule has 6 heteroatoms. The summed E-state index contributed by atoms with van der Waals surface area (Å²) in [6, 6.07) is 3.89. The Kier molecular flexibility index (Phi) is 3.24. The second-order valence-electron chi connectivity index (χ2n) is 6.43. The van der Waals surface area contributed by atoms with Crippen LogP contribution in [0.15, 0.2) is 29.0 Å². The van der Waals surface area contributed by atoms with E-state index in [0.717, 1.165) is 28.7 Å². The average Bonchev–Trinajstić information content (AvgIpc) is 2.98. The molecule has 0 saturated heterocycles. The molecular formula is C15H18BrN3O2. The van der Waals surface area contributed by atoms with Gasteiger partial charge in [-0.3, -0.25) is 0 Å². The second kappa shape index (κ2) is 4.73. The number of rotatable bonds is 2. The Labute approximate surface area is 131 Å². The van der Waals surface area contributed by atoms with Gasteiger partial charge in [0.2, 0.25) is 0 Å². The summed E-state index contributed by atoms with van der Waals surface area (Å²) in [7, 11) is 0. The Morgan fingerprint density at radius 3 is 2.76 bits per heavy atom. The predicted octanol–water partition coefficient (Wildman–Crippen LogP) is 3.61. The molecule has 1 aliphatic rings. The van der Waals surface area contributed by atoms with Crippen LogP contribution >= 0.6 is 15.9 Å². The van der Waals surface area contributed by atoms with Gasteiger partial charge >= 0.3 is 6.09 Å². The molecule has 2 aromatic heterocycles. The molecule has 112 valence electrons. The number of aromatic nitrogens is 2. The van der Waals surface area contributed by atoms with Crippen molar-refractivity contribution in [3.05, 3.63) is 34.7 Å². The van der Waals surface area contributed by atoms with Crippen LogP contribution in [0.25, 0.3) is 5.65 Å². The van der Waals surface area contributed by atoms with E-state index in [1.54, 1.807) is 0 Å². The van der Waals surface area contributed by atoms with Crippen molar-refractivity contribution in [2.45, 2.75) is 44.8 Å². The van der Waals surface area contributed by atoms with Gasteiger partial charge < -0.3 is 14.5 Å². The van der Waals surface area contributed by atoms with Gasteiger partial charge in [-0.15, -0.1) is 0 Å². The fraction of sp³-hybridized carbons (Fsp3) is 0.467. The minimum atomic E-state index is -0.497. The highest BCUT2D eigenvalue weighted by Gasteiger charge is 2.48. The first kappa shape index (κ1) is 14.4. The maximum absolute atomic E-state index is 12.0. The summed E-state index contributed by atoms with van der Waals surface area (Å²) >= 11 is 3.47. The van der Waals surface area contributed by atoms with E-state index in [0.29, 0.717) is 0 Å². The fourth-order valence-electron chi connectivity index (χ4n) is 2.38. The van der Waals surface area contributed by atoms with Crippen LogP contribution in [-0.4, -0.2) is 21.1 Å². The molecule has 0 spiro atoms. The molecule has 0 radical (unpaired) electrons. The maximum atomic E-state index is 12.0. The minimum Gasteiger partial charge on any atom is -0.444 e. The highest BCUT2D eigenvalue weighted by Crippen LogP contribution is 2.45. The first-order valence-corrected chi connectivity index (χ1v) is 7.73. The summed E-state index contributed by atoms with van der Waals surface area (Å²) in [4.78, 5) is 16.4. The monoisotopic (exact) mass is 351 g/mol. The van der Waals surface area contributed by atoms with Gasteiger partial charge in [-0.05, 0) is 61.7 Å². The van der Waals surface area contributed by atoms with E-state index < -0.39 is 5.60 Å². The van der Waals surface area contributed by atoms with E-state index in [2.05, 4.69) is 26.2 Å². The first-order chi connectivity index (χ1) is 9.79. The van der Waals surface area contributed by atoms with E-state index in [-0.39, 0.29) is 11.6 Å². The van der Waals surface area contributed by atoms with Crippen molar-refractivity contribution in [2.24, 2.45) is 0 Å². The molecule has 1 N–H and O–H groups in total. The van der Waals surface area contributed by atoms with Crippen molar-refractivity contribution in [1.29, 1.82) is 0 Å². The number of imidazole rings is 1. The normalized spacial score (nSPS) is 16.8. The molecule has 2 heterocycles. The molecule has 3 rings (SSSR count). The van der Waals surface area contributed by atoms with Crippen LogP contribution in [0.2, 0.25) is 0 Å². The van der Waals surface area contributed by atoms with E-state index in [1.807, 2.05) is 49.7 Å². The van der Waals surface area contributed by atoms with E-state index in [4.69, 9.17) is 4.74 Å². The smallest absolute Gasteiger partial charge is 0.408 e. The number of halogens is 1. The molecule has 1 aliphatic carbocycles. The molecular weight excluding hydrogens is 334 g/mol. The summed E-state index contributed by atoms with van der Waals surface area (Å²) in [5, 5.41) is 3.00. The van der Waals surface area contributed by atoms with Gasteiger partial charge in [0, 0.05) is 10.7 Å². The maximum Gasteiger partial charge on any atom is 0.408 e. The van der Waals surface area contributed by atoms with Crippen LogP contribution < -0.4 is 5.32 Å². The van der Waals surface area contributed by atoms with Crippen molar-refractivity contribution >= 4 is 27.7 Å². The van der Waals surface area contributed by atoms with Crippen LogP contribution in [0, 0.1) is 0 Å². The number of alkyl carbamates (subject to hydrolysis) is 1. The Balaban J connectivity index is 1.88. The standard InChI is InChI=1S/C15H18BrN3O2/c1-14(2,3)21-13(20)18-15(6-7-15)11-8-17-12-5-4-10(16)9-19(11)12/h4-5,8-9H,6-7H2,1-3H3,(H,18,20). The lowest BCUT2D eigenvalue weighted by Crippen LogP contribution is -2.39. The molecule has 1 saturated carbocycles. The lowest BCUT2D eigenvalue weighted by Gasteiger charge is -2.23. The van der Waals surface area contributed by atoms with Gasteiger partial charge in [0.1, 0.15) is 11.2 Å². The second-order valence-corrected chi connectivity index (χ2v) is 7.34. The molecule has 0 bridgehead atoms. The topological polar surface area (TPSA) is 55.6 Å². The van der Waals surface area contributed by atoms with Crippen LogP contribution in [-0.2, 0) is 10.3 Å². The Hall–Kier alpha value is -1.56. The molecule has 21 heavy (non-hydrogen) atoms. The number of amides is 1. The third-order valence-electron chi connectivity index (χ3n) is 3.45. The van der Waals surface area contributed by atoms with Crippen molar-refractivity contribution in [3.8, 4) is 0 Å². The number of pyridine rings is 1. The largest absolute Gasteiger partial charge is 0.444 e. The van der Waals surface area contributed by atoms with Gasteiger partial charge in [-0.1, -0.05) is 0 Å². The third kappa shape index (κ3) is 2.90. The zero-order valence-electron chi connectivity index (χ0n) is 12.3. The zero-order chi connectivity index (χ0) is 15.3. The van der Waals surface area contributed by atoms with Crippen molar-refractivity contribution in [2.75, 3.05) is 0 Å². The average molecular weight is 352 g/mol. The fourth-order valence-corrected chi connectivity index (χ4v) is 2.71. The molecule has 0 aromatic carbocycles. The van der Waals surface area contributed by atoms with E-state index in [9.17, 15) is 4.79 Å². The van der Waals surface area contributed by atoms with Gasteiger partial charge in [0.25, 0.3) is 0 Å². The van der Waals surface area contributed by atoms with Gasteiger partial charge in [0.15, 0.2) is 0 Å². The van der Waals surface area contributed by atoms with Crippen molar-refractivity contribution in [1.82, 2.24) is 14.7 Å². The lowest BCUT2D eigenvalue weighted by atomic mass is 10.2. The Bertz CT molecular complexity index is 698. The number of ether oxygens (including phenoxy) is 1. The van der Waals surface area contributed by atoms with Gasteiger partial charge in [0.05, 0.1) is 17.4 Å². The number of fused-ring (bicyclic) bond motifs is 1. The van der Waals surface area contributed by atoms with Crippen molar-refractivity contribution in [3.63, 3.8) is 0 Å². The highest BCUT2D eigenvalue weighted by atomic mass is 79.9. The molecule has 0 atom stereocenters. The number of carbonyl (C=O) groups is 1. The third-order valence-corrected chi connectivity index (χ3v) is 3.92. The predicted molar refractivity (Wildman–Crippen MR) is 83.2 cm³/mol. The zero-order valence-corrected chi connectivity index (χ0v) is 13.9. The van der Waals surface area contributed by atoms with Gasteiger partial charge in [-0.2, -0.15) is 0 Å². The Morgan fingerprint density at radius 2 is 2.14 bits per heavy atom.